The van der Waals surface area contributed by atoms with Crippen molar-refractivity contribution in [2.45, 2.75) is 32.2 Å². The summed E-state index contributed by atoms with van der Waals surface area (Å²) in [6.45, 7) is 4.96. The Morgan fingerprint density at radius 1 is 1.30 bits per heavy atom. The minimum absolute atomic E-state index is 0.186. The molecule has 0 radical (unpaired) electrons. The highest BCUT2D eigenvalue weighted by molar-refractivity contribution is 5.80. The van der Waals surface area contributed by atoms with Gasteiger partial charge in [-0.05, 0) is 37.3 Å². The first kappa shape index (κ1) is 13.6. The third kappa shape index (κ3) is 2.73. The van der Waals surface area contributed by atoms with Crippen LogP contribution >= 0.6 is 0 Å². The number of amides is 1. The second-order valence-corrected chi connectivity index (χ2v) is 6.26. The molecule has 0 spiro atoms. The molecule has 20 heavy (non-hydrogen) atoms. The Labute approximate surface area is 121 Å². The molecule has 2 aliphatic rings. The van der Waals surface area contributed by atoms with E-state index in [0.717, 1.165) is 38.9 Å². The summed E-state index contributed by atoms with van der Waals surface area (Å²) in [5.74, 6) is 1.03. The molecular formula is C17H24N2O. The lowest BCUT2D eigenvalue weighted by Gasteiger charge is -2.28. The number of carbonyl (C=O) groups is 1. The molecule has 3 rings (SSSR count). The van der Waals surface area contributed by atoms with E-state index in [1.165, 1.54) is 5.56 Å². The summed E-state index contributed by atoms with van der Waals surface area (Å²) in [5, 5.41) is 3.34. The van der Waals surface area contributed by atoms with E-state index in [2.05, 4.69) is 41.4 Å². The van der Waals surface area contributed by atoms with Gasteiger partial charge in [0.1, 0.15) is 0 Å². The Hall–Kier alpha value is -1.35. The zero-order chi connectivity index (χ0) is 13.9. The Bertz CT molecular complexity index is 459. The smallest absolute Gasteiger partial charge is 0.227 e. The van der Waals surface area contributed by atoms with Gasteiger partial charge < -0.3 is 10.2 Å². The van der Waals surface area contributed by atoms with Gasteiger partial charge >= 0.3 is 0 Å². The predicted molar refractivity (Wildman–Crippen MR) is 80.4 cm³/mol. The van der Waals surface area contributed by atoms with E-state index in [9.17, 15) is 4.79 Å². The maximum atomic E-state index is 12.7. The fraction of sp³-hybridized carbons (Fsp3) is 0.588. The summed E-state index contributed by atoms with van der Waals surface area (Å²) in [6.07, 6.45) is 3.30. The van der Waals surface area contributed by atoms with Crippen LogP contribution in [-0.4, -0.2) is 36.5 Å². The first-order chi connectivity index (χ1) is 9.75. The van der Waals surface area contributed by atoms with Crippen molar-refractivity contribution in [1.82, 2.24) is 10.2 Å². The Morgan fingerprint density at radius 3 is 2.80 bits per heavy atom. The molecule has 3 heteroatoms. The number of likely N-dealkylation sites (tertiary alicyclic amines) is 1. The van der Waals surface area contributed by atoms with Crippen molar-refractivity contribution < 1.29 is 4.79 Å². The van der Waals surface area contributed by atoms with Crippen molar-refractivity contribution in [3.63, 3.8) is 0 Å². The number of benzene rings is 1. The molecule has 1 unspecified atom stereocenters. The molecule has 0 aromatic heterocycles. The molecule has 1 aromatic carbocycles. The Kier molecular flexibility index (Phi) is 4.06. The number of nitrogens with zero attached hydrogens (tertiary/aromatic N) is 1. The lowest BCUT2D eigenvalue weighted by Crippen LogP contribution is -2.42. The largest absolute Gasteiger partial charge is 0.339 e. The highest BCUT2D eigenvalue weighted by Crippen LogP contribution is 2.26. The summed E-state index contributed by atoms with van der Waals surface area (Å²) in [6, 6.07) is 10.9. The summed E-state index contributed by atoms with van der Waals surface area (Å²) < 4.78 is 0. The van der Waals surface area contributed by atoms with Gasteiger partial charge in [0.25, 0.3) is 0 Å². The van der Waals surface area contributed by atoms with E-state index in [1.54, 1.807) is 0 Å². The van der Waals surface area contributed by atoms with Crippen molar-refractivity contribution in [2.24, 2.45) is 11.8 Å². The second kappa shape index (κ2) is 5.96. The number of hydrogen-bond acceptors (Lipinski definition) is 2. The number of carbonyl (C=O) groups excluding carboxylic acids is 1. The fourth-order valence-electron chi connectivity index (χ4n) is 3.58. The monoisotopic (exact) mass is 272 g/mol. The maximum Gasteiger partial charge on any atom is 0.227 e. The van der Waals surface area contributed by atoms with Gasteiger partial charge in [-0.15, -0.1) is 0 Å². The van der Waals surface area contributed by atoms with Gasteiger partial charge in [0.2, 0.25) is 5.91 Å². The van der Waals surface area contributed by atoms with E-state index in [1.807, 2.05) is 6.07 Å². The molecule has 1 amide bonds. The minimum Gasteiger partial charge on any atom is -0.339 e. The van der Waals surface area contributed by atoms with Crippen LogP contribution in [0.15, 0.2) is 30.3 Å². The van der Waals surface area contributed by atoms with Gasteiger partial charge in [-0.1, -0.05) is 37.3 Å². The Morgan fingerprint density at radius 2 is 2.10 bits per heavy atom. The van der Waals surface area contributed by atoms with Gasteiger partial charge in [-0.3, -0.25) is 4.79 Å². The van der Waals surface area contributed by atoms with Gasteiger partial charge in [0, 0.05) is 19.1 Å². The van der Waals surface area contributed by atoms with E-state index >= 15 is 0 Å². The highest BCUT2D eigenvalue weighted by atomic mass is 16.2. The van der Waals surface area contributed by atoms with Gasteiger partial charge in [-0.25, -0.2) is 0 Å². The molecule has 2 saturated heterocycles. The van der Waals surface area contributed by atoms with Gasteiger partial charge in [0.15, 0.2) is 0 Å². The van der Waals surface area contributed by atoms with Gasteiger partial charge in [-0.2, -0.15) is 0 Å². The molecule has 3 nitrogen and oxygen atoms in total. The molecule has 0 bridgehead atoms. The van der Waals surface area contributed by atoms with E-state index < -0.39 is 0 Å². The average molecular weight is 272 g/mol. The third-order valence-electron chi connectivity index (χ3n) is 4.81. The zero-order valence-corrected chi connectivity index (χ0v) is 12.2. The lowest BCUT2D eigenvalue weighted by atomic mass is 9.95. The lowest BCUT2D eigenvalue weighted by molar-refractivity contribution is -0.136. The van der Waals surface area contributed by atoms with Crippen LogP contribution in [-0.2, 0) is 11.2 Å². The molecule has 108 valence electrons. The molecular weight excluding hydrogens is 248 g/mol. The Balaban J connectivity index is 1.67. The summed E-state index contributed by atoms with van der Waals surface area (Å²) in [5.41, 5.74) is 1.34. The first-order valence-electron chi connectivity index (χ1n) is 7.81. The number of hydrogen-bond donors (Lipinski definition) is 1. The zero-order valence-electron chi connectivity index (χ0n) is 12.2. The second-order valence-electron chi connectivity index (χ2n) is 6.26. The quantitative estimate of drug-likeness (QED) is 0.913. The topological polar surface area (TPSA) is 32.3 Å². The van der Waals surface area contributed by atoms with Crippen LogP contribution in [0.5, 0.6) is 0 Å². The standard InChI is InChI=1S/C17H24N2O/c1-13-11-18-12-16(13)17(20)19-9-5-8-15(19)10-14-6-3-2-4-7-14/h2-4,6-7,13,15-16,18H,5,8-12H2,1H3/t13-,15?,16-/m1/s1. The summed E-state index contributed by atoms with van der Waals surface area (Å²) in [4.78, 5) is 14.9. The summed E-state index contributed by atoms with van der Waals surface area (Å²) in [7, 11) is 0. The molecule has 2 heterocycles. The molecule has 0 saturated carbocycles. The van der Waals surface area contributed by atoms with Crippen LogP contribution in [0.3, 0.4) is 0 Å². The molecule has 1 N–H and O–H groups in total. The minimum atomic E-state index is 0.186. The van der Waals surface area contributed by atoms with Crippen molar-refractivity contribution in [2.75, 3.05) is 19.6 Å². The van der Waals surface area contributed by atoms with Gasteiger partial charge in [0.05, 0.1) is 5.92 Å². The van der Waals surface area contributed by atoms with E-state index in [4.69, 9.17) is 0 Å². The first-order valence-corrected chi connectivity index (χ1v) is 7.81. The fourth-order valence-corrected chi connectivity index (χ4v) is 3.58. The SMILES string of the molecule is C[C@@H]1CNC[C@H]1C(=O)N1CCCC1Cc1ccccc1. The van der Waals surface area contributed by atoms with Crippen LogP contribution in [0.4, 0.5) is 0 Å². The van der Waals surface area contributed by atoms with Crippen LogP contribution in [0.1, 0.15) is 25.3 Å². The maximum absolute atomic E-state index is 12.7. The van der Waals surface area contributed by atoms with Crippen molar-refractivity contribution >= 4 is 5.91 Å². The van der Waals surface area contributed by atoms with Crippen molar-refractivity contribution in [3.05, 3.63) is 35.9 Å². The van der Waals surface area contributed by atoms with Crippen LogP contribution in [0, 0.1) is 11.8 Å². The third-order valence-corrected chi connectivity index (χ3v) is 4.81. The molecule has 0 aliphatic carbocycles. The van der Waals surface area contributed by atoms with Crippen molar-refractivity contribution in [1.29, 1.82) is 0 Å². The highest BCUT2D eigenvalue weighted by Gasteiger charge is 2.37. The van der Waals surface area contributed by atoms with Crippen molar-refractivity contribution in [3.8, 4) is 0 Å². The molecule has 3 atom stereocenters. The van der Waals surface area contributed by atoms with Crippen LogP contribution in [0.25, 0.3) is 0 Å². The van der Waals surface area contributed by atoms with Crippen LogP contribution in [0.2, 0.25) is 0 Å². The summed E-state index contributed by atoms with van der Waals surface area (Å²) >= 11 is 0. The molecule has 2 fully saturated rings. The van der Waals surface area contributed by atoms with Crippen LogP contribution < -0.4 is 5.32 Å². The predicted octanol–water partition coefficient (Wildman–Crippen LogP) is 2.08. The average Bonchev–Trinajstić information content (AvgIpc) is 3.08. The number of nitrogens with one attached hydrogen (secondary N) is 1. The van der Waals surface area contributed by atoms with E-state index in [0.29, 0.717) is 17.9 Å². The number of rotatable bonds is 3. The van der Waals surface area contributed by atoms with E-state index in [-0.39, 0.29) is 5.92 Å². The molecule has 1 aromatic rings. The molecule has 2 aliphatic heterocycles. The normalized spacial score (nSPS) is 29.9.